The molecule has 0 aromatic heterocycles. The van der Waals surface area contributed by atoms with E-state index in [1.165, 1.54) is 0 Å². The molecule has 0 bridgehead atoms. The molecule has 0 nitrogen and oxygen atoms in total. The van der Waals surface area contributed by atoms with Gasteiger partial charge in [0.15, 0.2) is 0 Å². The minimum atomic E-state index is 0. The molecule has 7 heavy (non-hydrogen) atoms. The Hall–Kier alpha value is -0.0657. The van der Waals surface area contributed by atoms with Gasteiger partial charge in [0.05, 0.1) is 0 Å². The number of benzene rings is 1. The molecule has 0 heterocycles. The summed E-state index contributed by atoms with van der Waals surface area (Å²) in [5.74, 6) is 0. The topological polar surface area (TPSA) is 0 Å². The van der Waals surface area contributed by atoms with Crippen molar-refractivity contribution < 1.29 is 21.7 Å². The van der Waals surface area contributed by atoms with Crippen LogP contribution in [0.4, 0.5) is 0 Å². The van der Waals surface area contributed by atoms with E-state index in [-0.39, 0.29) is 21.7 Å². The van der Waals surface area contributed by atoms with Gasteiger partial charge >= 0.3 is 21.7 Å². The molecule has 0 saturated carbocycles. The summed E-state index contributed by atoms with van der Waals surface area (Å²) < 4.78 is 0. The molecule has 0 atom stereocenters. The van der Waals surface area contributed by atoms with Crippen LogP contribution in [0.3, 0.4) is 0 Å². The zero-order valence-electron chi connectivity index (χ0n) is 3.89. The first-order valence-electron chi connectivity index (χ1n) is 1.91. The van der Waals surface area contributed by atoms with Crippen LogP contribution in [0.2, 0.25) is 0 Å². The molecule has 0 aliphatic rings. The predicted molar refractivity (Wildman–Crippen MR) is 25.3 cm³/mol. The van der Waals surface area contributed by atoms with Crippen LogP contribution in [0.15, 0.2) is 30.3 Å². The molecule has 0 spiro atoms. The van der Waals surface area contributed by atoms with E-state index in [9.17, 15) is 0 Å². The van der Waals surface area contributed by atoms with Crippen LogP contribution in [-0.4, -0.2) is 0 Å². The van der Waals surface area contributed by atoms with E-state index >= 15 is 0 Å². The van der Waals surface area contributed by atoms with Crippen molar-refractivity contribution in [1.82, 2.24) is 0 Å². The second-order valence-electron chi connectivity index (χ2n) is 1.08. The number of hydrogen-bond acceptors (Lipinski definition) is 0. The molecule has 1 aromatic carbocycles. The molecule has 0 aliphatic heterocycles. The predicted octanol–water partition coefficient (Wildman–Crippen LogP) is 1.48. The Morgan fingerprint density at radius 1 is 0.857 bits per heavy atom. The molecule has 0 aliphatic carbocycles. The van der Waals surface area contributed by atoms with Gasteiger partial charge in [0.1, 0.15) is 0 Å². The molecule has 1 rings (SSSR count). The van der Waals surface area contributed by atoms with Gasteiger partial charge in [-0.25, -0.2) is 0 Å². The quantitative estimate of drug-likeness (QED) is 0.364. The van der Waals surface area contributed by atoms with Crippen molar-refractivity contribution in [3.63, 3.8) is 0 Å². The zero-order valence-corrected chi connectivity index (χ0v) is 5.45. The van der Waals surface area contributed by atoms with Gasteiger partial charge in [0.25, 0.3) is 0 Å². The Morgan fingerprint density at radius 3 is 1.57 bits per heavy atom. The first kappa shape index (κ1) is 6.93. The van der Waals surface area contributed by atoms with Crippen LogP contribution in [0, 0.1) is 6.07 Å². The minimum absolute atomic E-state index is 0. The second-order valence-corrected chi connectivity index (χ2v) is 1.08. The summed E-state index contributed by atoms with van der Waals surface area (Å²) in [7, 11) is 0. The SMILES string of the molecule is [Ti+4].[c-]1ccccc1. The average Bonchev–Trinajstić information content (AvgIpc) is 1.72. The van der Waals surface area contributed by atoms with E-state index < -0.39 is 0 Å². The summed E-state index contributed by atoms with van der Waals surface area (Å²) in [5, 5.41) is 0. The van der Waals surface area contributed by atoms with E-state index in [2.05, 4.69) is 6.07 Å². The van der Waals surface area contributed by atoms with Crippen molar-refractivity contribution in [1.29, 1.82) is 0 Å². The number of hydrogen-bond donors (Lipinski definition) is 0. The van der Waals surface area contributed by atoms with Gasteiger partial charge in [-0.2, -0.15) is 36.4 Å². The molecule has 0 amide bonds. The van der Waals surface area contributed by atoms with Crippen LogP contribution in [-0.2, 0) is 21.7 Å². The molecule has 0 fully saturated rings. The van der Waals surface area contributed by atoms with E-state index in [0.717, 1.165) is 0 Å². The third kappa shape index (κ3) is 2.61. The molecule has 30 valence electrons. The Morgan fingerprint density at radius 2 is 1.43 bits per heavy atom. The van der Waals surface area contributed by atoms with Gasteiger partial charge in [-0.1, -0.05) is 0 Å². The monoisotopic (exact) mass is 125 g/mol. The fraction of sp³-hybridized carbons (Fsp3) is 0. The third-order valence-electron chi connectivity index (χ3n) is 0.607. The van der Waals surface area contributed by atoms with Crippen LogP contribution in [0.5, 0.6) is 0 Å². The van der Waals surface area contributed by atoms with Gasteiger partial charge in [0.2, 0.25) is 0 Å². The zero-order chi connectivity index (χ0) is 4.24. The van der Waals surface area contributed by atoms with Crippen molar-refractivity contribution in [3.8, 4) is 0 Å². The van der Waals surface area contributed by atoms with Crippen LogP contribution >= 0.6 is 0 Å². The van der Waals surface area contributed by atoms with E-state index in [1.54, 1.807) is 0 Å². The first-order chi connectivity index (χ1) is 3.00. The van der Waals surface area contributed by atoms with Gasteiger partial charge < -0.3 is 0 Å². The third-order valence-corrected chi connectivity index (χ3v) is 0.607. The van der Waals surface area contributed by atoms with Crippen LogP contribution in [0.1, 0.15) is 0 Å². The Kier molecular flexibility index (Phi) is 4.06. The summed E-state index contributed by atoms with van der Waals surface area (Å²) in [6.45, 7) is 0. The summed E-state index contributed by atoms with van der Waals surface area (Å²) in [6.07, 6.45) is 0. The molecule has 0 unspecified atom stereocenters. The standard InChI is InChI=1S/C6H5.Ti/c1-2-4-6-5-3-1;/h1-5H;/q-1;+4. The smallest absolute Gasteiger partial charge is 0.184 e. The van der Waals surface area contributed by atoms with Crippen molar-refractivity contribution in [2.24, 2.45) is 0 Å². The largest absolute Gasteiger partial charge is 4.00 e. The first-order valence-corrected chi connectivity index (χ1v) is 1.91. The van der Waals surface area contributed by atoms with E-state index in [1.807, 2.05) is 30.3 Å². The normalized spacial score (nSPS) is 6.86. The van der Waals surface area contributed by atoms with Gasteiger partial charge in [-0.3, -0.25) is 0 Å². The van der Waals surface area contributed by atoms with Gasteiger partial charge in [0, 0.05) is 0 Å². The second kappa shape index (κ2) is 4.10. The minimum Gasteiger partial charge on any atom is -0.184 e. The summed E-state index contributed by atoms with van der Waals surface area (Å²) in [5.41, 5.74) is 0. The molecule has 0 saturated heterocycles. The molecular formula is C6H5Ti+3. The maximum absolute atomic E-state index is 2.89. The molecule has 1 heteroatoms. The maximum atomic E-state index is 2.89. The van der Waals surface area contributed by atoms with Crippen molar-refractivity contribution in [2.45, 2.75) is 0 Å². The molecule has 0 N–H and O–H groups in total. The summed E-state index contributed by atoms with van der Waals surface area (Å²) in [6, 6.07) is 12.5. The Labute approximate surface area is 58.4 Å². The average molecular weight is 125 g/mol. The Bertz CT molecular complexity index is 76.1. The maximum Gasteiger partial charge on any atom is 4.00 e. The van der Waals surface area contributed by atoms with Crippen molar-refractivity contribution in [3.05, 3.63) is 36.4 Å². The summed E-state index contributed by atoms with van der Waals surface area (Å²) >= 11 is 0. The summed E-state index contributed by atoms with van der Waals surface area (Å²) in [4.78, 5) is 0. The van der Waals surface area contributed by atoms with E-state index in [4.69, 9.17) is 0 Å². The number of rotatable bonds is 0. The fourth-order valence-electron chi connectivity index (χ4n) is 0.342. The van der Waals surface area contributed by atoms with Gasteiger partial charge in [-0.05, 0) is 0 Å². The van der Waals surface area contributed by atoms with Gasteiger partial charge in [-0.15, -0.1) is 0 Å². The molecular weight excluding hydrogens is 120 g/mol. The Balaban J connectivity index is 0.000000360. The van der Waals surface area contributed by atoms with Crippen LogP contribution in [0.25, 0.3) is 0 Å². The van der Waals surface area contributed by atoms with Crippen LogP contribution < -0.4 is 0 Å². The fourth-order valence-corrected chi connectivity index (χ4v) is 0.342. The van der Waals surface area contributed by atoms with E-state index in [0.29, 0.717) is 0 Å². The molecule has 1 aromatic rings. The molecule has 0 radical (unpaired) electrons. The van der Waals surface area contributed by atoms with Crippen molar-refractivity contribution in [2.75, 3.05) is 0 Å². The van der Waals surface area contributed by atoms with Crippen molar-refractivity contribution >= 4 is 0 Å².